The molecule has 0 fully saturated rings. The molecule has 0 aromatic heterocycles. The highest BCUT2D eigenvalue weighted by molar-refractivity contribution is 6.30. The van der Waals surface area contributed by atoms with Gasteiger partial charge in [0.15, 0.2) is 5.78 Å². The van der Waals surface area contributed by atoms with E-state index < -0.39 is 5.60 Å². The average Bonchev–Trinajstić information content (AvgIpc) is 2.90. The van der Waals surface area contributed by atoms with Crippen molar-refractivity contribution in [2.75, 3.05) is 7.11 Å². The maximum Gasteiger partial charge on any atom is 0.173 e. The highest BCUT2D eigenvalue weighted by Crippen LogP contribution is 2.44. The number of hydrogen-bond acceptors (Lipinski definition) is 3. The molecule has 0 spiro atoms. The van der Waals surface area contributed by atoms with Gasteiger partial charge in [0.1, 0.15) is 11.4 Å². The molecule has 0 saturated carbocycles. The third-order valence-electron chi connectivity index (χ3n) is 5.95. The number of allylic oxidation sites excluding steroid dienone is 2. The van der Waals surface area contributed by atoms with Crippen LogP contribution in [0.5, 0.6) is 0 Å². The van der Waals surface area contributed by atoms with Gasteiger partial charge in [-0.2, -0.15) is 0 Å². The number of carbonyl (C=O) groups is 1. The lowest BCUT2D eigenvalue weighted by Crippen LogP contribution is -2.33. The first-order chi connectivity index (χ1) is 13.5. The smallest absolute Gasteiger partial charge is 0.173 e. The fourth-order valence-corrected chi connectivity index (χ4v) is 4.34. The quantitative estimate of drug-likeness (QED) is 0.669. The van der Waals surface area contributed by atoms with Crippen LogP contribution in [-0.4, -0.2) is 23.6 Å². The largest absolute Gasteiger partial charge is 0.508 e. The van der Waals surface area contributed by atoms with Crippen molar-refractivity contribution >= 4 is 23.0 Å². The van der Waals surface area contributed by atoms with Gasteiger partial charge in [-0.3, -0.25) is 4.79 Å². The number of fused-ring (bicyclic) bond motifs is 2. The van der Waals surface area contributed by atoms with E-state index in [4.69, 9.17) is 16.3 Å². The van der Waals surface area contributed by atoms with Gasteiger partial charge >= 0.3 is 0 Å². The SMILES string of the molecule is CCc1ccc(-c2ccc(Cl)cc2)cc1C1=C(O)[C@]2(OC)C=C[C@H](CC2)C1=O. The minimum absolute atomic E-state index is 0.0270. The van der Waals surface area contributed by atoms with Crippen LogP contribution in [0.2, 0.25) is 5.02 Å². The Hall–Kier alpha value is -2.36. The third-order valence-corrected chi connectivity index (χ3v) is 6.20. The van der Waals surface area contributed by atoms with Crippen LogP contribution in [0.3, 0.4) is 0 Å². The zero-order chi connectivity index (χ0) is 19.9. The Bertz CT molecular complexity index is 987. The van der Waals surface area contributed by atoms with Crippen molar-refractivity contribution < 1.29 is 14.6 Å². The Morgan fingerprint density at radius 3 is 2.50 bits per heavy atom. The number of ether oxygens (including phenoxy) is 1. The lowest BCUT2D eigenvalue weighted by Gasteiger charge is -2.30. The molecule has 2 bridgehead atoms. The average molecular weight is 395 g/mol. The molecule has 2 aromatic rings. The van der Waals surface area contributed by atoms with Gasteiger partial charge in [0.05, 0.1) is 5.57 Å². The summed E-state index contributed by atoms with van der Waals surface area (Å²) in [6, 6.07) is 13.7. The summed E-state index contributed by atoms with van der Waals surface area (Å²) in [5.74, 6) is -0.223. The Labute approximate surface area is 170 Å². The number of aryl methyl sites for hydroxylation is 1. The minimum Gasteiger partial charge on any atom is -0.508 e. The van der Waals surface area contributed by atoms with E-state index in [1.54, 1.807) is 7.11 Å². The van der Waals surface area contributed by atoms with Gasteiger partial charge in [-0.15, -0.1) is 0 Å². The van der Waals surface area contributed by atoms with E-state index >= 15 is 0 Å². The number of Topliss-reactive ketones (excluding diaryl/α,β-unsaturated/α-hetero) is 1. The second-order valence-corrected chi connectivity index (χ2v) is 7.85. The van der Waals surface area contributed by atoms with Crippen LogP contribution in [0, 0.1) is 5.92 Å². The molecule has 1 N–H and O–H groups in total. The third kappa shape index (κ3) is 2.99. The van der Waals surface area contributed by atoms with Crippen LogP contribution in [0.4, 0.5) is 0 Å². The number of ketones is 1. The summed E-state index contributed by atoms with van der Waals surface area (Å²) in [4.78, 5) is 13.3. The van der Waals surface area contributed by atoms with Crippen LogP contribution >= 0.6 is 11.6 Å². The van der Waals surface area contributed by atoms with E-state index in [0.717, 1.165) is 28.7 Å². The second-order valence-electron chi connectivity index (χ2n) is 7.42. The van der Waals surface area contributed by atoms with E-state index in [-0.39, 0.29) is 17.5 Å². The summed E-state index contributed by atoms with van der Waals surface area (Å²) in [6.07, 6.45) is 5.76. The standard InChI is InChI=1S/C24H23ClO3/c1-3-15-4-5-18(16-6-8-19(25)9-7-16)14-20(15)21-22(26)17-10-12-24(28-2,13-11-17)23(21)27/h4-10,12,14,17,27H,3,11,13H2,1-2H3/t17-,24+/m1/s1. The number of hydrogen-bond donors (Lipinski definition) is 1. The van der Waals surface area contributed by atoms with Crippen LogP contribution < -0.4 is 0 Å². The van der Waals surface area contributed by atoms with Crippen LogP contribution in [0.1, 0.15) is 30.9 Å². The van der Waals surface area contributed by atoms with Gasteiger partial charge in [-0.1, -0.05) is 48.9 Å². The van der Waals surface area contributed by atoms with E-state index in [9.17, 15) is 9.90 Å². The van der Waals surface area contributed by atoms with Gasteiger partial charge in [0.25, 0.3) is 0 Å². The molecule has 0 amide bonds. The highest BCUT2D eigenvalue weighted by atomic mass is 35.5. The molecule has 3 nitrogen and oxygen atoms in total. The predicted octanol–water partition coefficient (Wildman–Crippen LogP) is 5.77. The lowest BCUT2D eigenvalue weighted by atomic mass is 9.86. The van der Waals surface area contributed by atoms with Crippen LogP contribution in [0.25, 0.3) is 16.7 Å². The first-order valence-corrected chi connectivity index (χ1v) is 9.98. The number of halogens is 1. The molecule has 0 aliphatic heterocycles. The molecule has 0 unspecified atom stereocenters. The van der Waals surface area contributed by atoms with Gasteiger partial charge in [0.2, 0.25) is 0 Å². The molecule has 3 aliphatic rings. The molecule has 5 rings (SSSR count). The van der Waals surface area contributed by atoms with E-state index in [1.807, 2.05) is 54.6 Å². The Kier molecular flexibility index (Phi) is 4.90. The first kappa shape index (κ1) is 19.0. The molecule has 0 radical (unpaired) electrons. The minimum atomic E-state index is -0.917. The topological polar surface area (TPSA) is 46.5 Å². The summed E-state index contributed by atoms with van der Waals surface area (Å²) >= 11 is 6.02. The van der Waals surface area contributed by atoms with Gasteiger partial charge in [-0.25, -0.2) is 0 Å². The fourth-order valence-electron chi connectivity index (χ4n) is 4.22. The first-order valence-electron chi connectivity index (χ1n) is 9.60. The molecule has 2 aromatic carbocycles. The van der Waals surface area contributed by atoms with Crippen molar-refractivity contribution in [1.29, 1.82) is 0 Å². The van der Waals surface area contributed by atoms with E-state index in [0.29, 0.717) is 23.4 Å². The van der Waals surface area contributed by atoms with Gasteiger partial charge in [-0.05, 0) is 65.8 Å². The number of rotatable bonds is 4. The summed E-state index contributed by atoms with van der Waals surface area (Å²) in [7, 11) is 1.58. The van der Waals surface area contributed by atoms with Crippen molar-refractivity contribution in [3.8, 4) is 11.1 Å². The number of aliphatic hydroxyl groups is 1. The summed E-state index contributed by atoms with van der Waals surface area (Å²) in [6.45, 7) is 2.05. The van der Waals surface area contributed by atoms with E-state index in [2.05, 4.69) is 6.92 Å². The highest BCUT2D eigenvalue weighted by Gasteiger charge is 2.45. The summed E-state index contributed by atoms with van der Waals surface area (Å²) in [5, 5.41) is 11.9. The van der Waals surface area contributed by atoms with Crippen molar-refractivity contribution in [1.82, 2.24) is 0 Å². The van der Waals surface area contributed by atoms with Crippen LogP contribution in [0.15, 0.2) is 60.4 Å². The number of methoxy groups -OCH3 is 1. The Morgan fingerprint density at radius 1 is 1.18 bits per heavy atom. The van der Waals surface area contributed by atoms with Crippen LogP contribution in [-0.2, 0) is 16.0 Å². The number of benzene rings is 2. The molecule has 4 heteroatoms. The summed E-state index contributed by atoms with van der Waals surface area (Å²) < 4.78 is 5.70. The molecule has 28 heavy (non-hydrogen) atoms. The zero-order valence-electron chi connectivity index (χ0n) is 16.0. The molecular formula is C24H23ClO3. The van der Waals surface area contributed by atoms with Crippen molar-refractivity contribution in [2.24, 2.45) is 5.92 Å². The maximum atomic E-state index is 13.3. The second kappa shape index (κ2) is 7.23. The normalized spacial score (nSPS) is 24.0. The number of aliphatic hydroxyl groups excluding tert-OH is 1. The zero-order valence-corrected chi connectivity index (χ0v) is 16.8. The molecule has 2 atom stereocenters. The predicted molar refractivity (Wildman–Crippen MR) is 112 cm³/mol. The fraction of sp³-hybridized carbons (Fsp3) is 0.292. The molecular weight excluding hydrogens is 372 g/mol. The monoisotopic (exact) mass is 394 g/mol. The maximum absolute atomic E-state index is 13.3. The molecule has 3 aliphatic carbocycles. The van der Waals surface area contributed by atoms with Gasteiger partial charge in [0, 0.05) is 18.1 Å². The lowest BCUT2D eigenvalue weighted by molar-refractivity contribution is -0.116. The van der Waals surface area contributed by atoms with Crippen molar-refractivity contribution in [2.45, 2.75) is 31.8 Å². The van der Waals surface area contributed by atoms with Crippen molar-refractivity contribution in [3.05, 3.63) is 76.5 Å². The van der Waals surface area contributed by atoms with Crippen molar-refractivity contribution in [3.63, 3.8) is 0 Å². The number of carbonyl (C=O) groups excluding carboxylic acids is 1. The molecule has 0 heterocycles. The van der Waals surface area contributed by atoms with E-state index in [1.165, 1.54) is 0 Å². The summed E-state index contributed by atoms with van der Waals surface area (Å²) in [5.41, 5.74) is 3.28. The van der Waals surface area contributed by atoms with Gasteiger partial charge < -0.3 is 9.84 Å². The molecule has 0 saturated heterocycles. The molecule has 144 valence electrons. The Balaban J connectivity index is 1.92. The Morgan fingerprint density at radius 2 is 1.89 bits per heavy atom.